The zero-order chi connectivity index (χ0) is 13.1. The monoisotopic (exact) mass is 236 g/mol. The Hall–Kier alpha value is -2.24. The molecule has 1 amide bonds. The number of carboxylic acid groups (broad SMARTS) is 1. The molecule has 1 rings (SSSR count). The summed E-state index contributed by atoms with van der Waals surface area (Å²) < 4.78 is 0. The molecule has 0 bridgehead atoms. The highest BCUT2D eigenvalue weighted by atomic mass is 16.4. The second-order valence-electron chi connectivity index (χ2n) is 3.53. The van der Waals surface area contributed by atoms with Gasteiger partial charge in [-0.1, -0.05) is 6.07 Å². The van der Waals surface area contributed by atoms with E-state index in [1.807, 2.05) is 0 Å². The molecule has 0 aliphatic carbocycles. The Morgan fingerprint density at radius 1 is 1.35 bits per heavy atom. The average molecular weight is 236 g/mol. The van der Waals surface area contributed by atoms with Gasteiger partial charge < -0.3 is 10.4 Å². The quantitative estimate of drug-likeness (QED) is 0.722. The summed E-state index contributed by atoms with van der Waals surface area (Å²) in [4.78, 5) is 37.8. The van der Waals surface area contributed by atoms with Crippen LogP contribution in [0.2, 0.25) is 0 Å². The Morgan fingerprint density at radius 2 is 2.00 bits per heavy atom. The molecule has 1 aromatic rings. The van der Waals surface area contributed by atoms with Gasteiger partial charge in [-0.15, -0.1) is 0 Å². The van der Waals surface area contributed by atoms with Gasteiger partial charge in [0.1, 0.15) is 0 Å². The second-order valence-corrected chi connectivity index (χ2v) is 3.53. The van der Waals surface area contributed by atoms with Crippen molar-refractivity contribution in [3.63, 3.8) is 0 Å². The largest absolute Gasteiger partial charge is 0.479 e. The summed E-state index contributed by atoms with van der Waals surface area (Å²) in [6.45, 7) is 2.26. The number of hydrogen-bond donors (Lipinski definition) is 2. The maximum atomic E-state index is 11.6. The third kappa shape index (κ3) is 2.30. The summed E-state index contributed by atoms with van der Waals surface area (Å²) in [7, 11) is 0. The fourth-order valence-corrected chi connectivity index (χ4v) is 1.54. The zero-order valence-corrected chi connectivity index (χ0v) is 9.43. The Bertz CT molecular complexity index is 442. The molecule has 90 valence electrons. The number of Topliss-reactive ketones (excluding diaryl/α,β-unsaturated/α-hetero) is 1. The van der Waals surface area contributed by atoms with Gasteiger partial charge in [0.05, 0.1) is 0 Å². The van der Waals surface area contributed by atoms with E-state index in [1.165, 1.54) is 24.5 Å². The first kappa shape index (κ1) is 12.8. The van der Waals surface area contributed by atoms with Crippen molar-refractivity contribution in [3.8, 4) is 0 Å². The molecular formula is C11H12N2O4. The number of carboxylic acids is 1. The van der Waals surface area contributed by atoms with Crippen LogP contribution in [0, 0.1) is 0 Å². The van der Waals surface area contributed by atoms with E-state index >= 15 is 0 Å². The van der Waals surface area contributed by atoms with Crippen molar-refractivity contribution in [1.82, 2.24) is 10.3 Å². The lowest BCUT2D eigenvalue weighted by atomic mass is 9.87. The lowest BCUT2D eigenvalue weighted by Crippen LogP contribution is -2.56. The number of pyridine rings is 1. The van der Waals surface area contributed by atoms with Gasteiger partial charge in [-0.25, -0.2) is 4.79 Å². The summed E-state index contributed by atoms with van der Waals surface area (Å²) in [5.41, 5.74) is -1.95. The van der Waals surface area contributed by atoms with E-state index in [0.29, 0.717) is 0 Å². The molecule has 0 saturated carbocycles. The summed E-state index contributed by atoms with van der Waals surface area (Å²) in [6.07, 6.45) is 2.69. The number of hydrogen-bond acceptors (Lipinski definition) is 4. The van der Waals surface area contributed by atoms with E-state index in [0.717, 1.165) is 13.8 Å². The zero-order valence-electron chi connectivity index (χ0n) is 9.43. The van der Waals surface area contributed by atoms with Crippen LogP contribution in [-0.4, -0.2) is 27.8 Å². The number of amides is 1. The van der Waals surface area contributed by atoms with Gasteiger partial charge in [0.2, 0.25) is 11.4 Å². The predicted molar refractivity (Wildman–Crippen MR) is 58.0 cm³/mol. The first-order chi connectivity index (χ1) is 7.91. The normalized spacial score (nSPS) is 13.5. The molecule has 0 radical (unpaired) electrons. The van der Waals surface area contributed by atoms with Crippen molar-refractivity contribution in [2.45, 2.75) is 19.4 Å². The van der Waals surface area contributed by atoms with E-state index in [9.17, 15) is 19.5 Å². The molecule has 0 spiro atoms. The van der Waals surface area contributed by atoms with Crippen molar-refractivity contribution in [2.75, 3.05) is 0 Å². The van der Waals surface area contributed by atoms with E-state index in [-0.39, 0.29) is 5.56 Å². The highest BCUT2D eigenvalue weighted by molar-refractivity contribution is 6.09. The molecule has 17 heavy (non-hydrogen) atoms. The van der Waals surface area contributed by atoms with Crippen LogP contribution in [0.25, 0.3) is 0 Å². The number of nitrogens with one attached hydrogen (secondary N) is 1. The topological polar surface area (TPSA) is 96.4 Å². The average Bonchev–Trinajstić information content (AvgIpc) is 2.25. The summed E-state index contributed by atoms with van der Waals surface area (Å²) in [5.74, 6) is -2.73. The number of aliphatic carboxylic acids is 1. The minimum absolute atomic E-state index is 0.121. The van der Waals surface area contributed by atoms with Gasteiger partial charge in [0.15, 0.2) is 5.78 Å². The Kier molecular flexibility index (Phi) is 3.57. The van der Waals surface area contributed by atoms with Crippen LogP contribution in [0.3, 0.4) is 0 Å². The van der Waals surface area contributed by atoms with Crippen LogP contribution < -0.4 is 5.32 Å². The van der Waals surface area contributed by atoms with Gasteiger partial charge in [-0.3, -0.25) is 14.6 Å². The molecule has 1 aromatic heterocycles. The van der Waals surface area contributed by atoms with E-state index in [2.05, 4.69) is 10.3 Å². The molecule has 0 saturated heterocycles. The van der Waals surface area contributed by atoms with E-state index < -0.39 is 23.2 Å². The van der Waals surface area contributed by atoms with Gasteiger partial charge in [-0.2, -0.15) is 0 Å². The predicted octanol–water partition coefficient (Wildman–Crippen LogP) is 0.0866. The molecule has 6 nitrogen and oxygen atoms in total. The maximum Gasteiger partial charge on any atom is 0.342 e. The van der Waals surface area contributed by atoms with Crippen molar-refractivity contribution < 1.29 is 19.5 Å². The van der Waals surface area contributed by atoms with Gasteiger partial charge in [-0.05, 0) is 13.0 Å². The number of carbonyl (C=O) groups excluding carboxylic acids is 2. The minimum Gasteiger partial charge on any atom is -0.479 e. The van der Waals surface area contributed by atoms with Crippen LogP contribution in [0.4, 0.5) is 0 Å². The molecule has 0 aromatic carbocycles. The van der Waals surface area contributed by atoms with Gasteiger partial charge >= 0.3 is 5.97 Å². The van der Waals surface area contributed by atoms with Crippen molar-refractivity contribution in [3.05, 3.63) is 30.1 Å². The molecule has 1 unspecified atom stereocenters. The standard InChI is InChI=1S/C11H12N2O4/c1-7(14)11(10(16)17,13-8(2)15)9-4-3-5-12-6-9/h3-6H,1-2H3,(H,13,15)(H,16,17). The van der Waals surface area contributed by atoms with Crippen LogP contribution >= 0.6 is 0 Å². The fraction of sp³-hybridized carbons (Fsp3) is 0.273. The second kappa shape index (κ2) is 4.73. The van der Waals surface area contributed by atoms with Crippen molar-refractivity contribution >= 4 is 17.7 Å². The number of ketones is 1. The molecule has 1 atom stereocenters. The summed E-state index contributed by atoms with van der Waals surface area (Å²) in [6, 6.07) is 2.93. The van der Waals surface area contributed by atoms with Crippen LogP contribution in [-0.2, 0) is 19.9 Å². The third-order valence-electron chi connectivity index (χ3n) is 2.31. The maximum absolute atomic E-state index is 11.6. The SMILES string of the molecule is CC(=O)NC(C(C)=O)(C(=O)O)c1cccnc1. The summed E-state index contributed by atoms with van der Waals surface area (Å²) in [5, 5.41) is 11.4. The minimum atomic E-state index is -2.07. The lowest BCUT2D eigenvalue weighted by Gasteiger charge is -2.27. The summed E-state index contributed by atoms with van der Waals surface area (Å²) >= 11 is 0. The molecule has 0 fully saturated rings. The Morgan fingerprint density at radius 3 is 2.35 bits per heavy atom. The first-order valence-corrected chi connectivity index (χ1v) is 4.85. The fourth-order valence-electron chi connectivity index (χ4n) is 1.54. The van der Waals surface area contributed by atoms with Crippen molar-refractivity contribution in [2.24, 2.45) is 0 Å². The highest BCUT2D eigenvalue weighted by Gasteiger charge is 2.46. The lowest BCUT2D eigenvalue weighted by molar-refractivity contribution is -0.152. The van der Waals surface area contributed by atoms with E-state index in [4.69, 9.17) is 0 Å². The molecule has 6 heteroatoms. The number of nitrogens with zero attached hydrogens (tertiary/aromatic N) is 1. The molecule has 2 N–H and O–H groups in total. The number of aromatic nitrogens is 1. The van der Waals surface area contributed by atoms with Gasteiger partial charge in [0.25, 0.3) is 0 Å². The molecular weight excluding hydrogens is 224 g/mol. The third-order valence-corrected chi connectivity index (χ3v) is 2.31. The van der Waals surface area contributed by atoms with Crippen LogP contribution in [0.15, 0.2) is 24.5 Å². The van der Waals surface area contributed by atoms with Gasteiger partial charge in [0, 0.05) is 24.9 Å². The van der Waals surface area contributed by atoms with Crippen LogP contribution in [0.5, 0.6) is 0 Å². The number of carbonyl (C=O) groups is 3. The highest BCUT2D eigenvalue weighted by Crippen LogP contribution is 2.22. The number of rotatable bonds is 4. The smallest absolute Gasteiger partial charge is 0.342 e. The molecule has 1 heterocycles. The first-order valence-electron chi connectivity index (χ1n) is 4.85. The van der Waals surface area contributed by atoms with Crippen LogP contribution in [0.1, 0.15) is 19.4 Å². The molecule has 0 aliphatic heterocycles. The Labute approximate surface area is 97.7 Å². The Balaban J connectivity index is 3.40. The van der Waals surface area contributed by atoms with E-state index in [1.54, 1.807) is 0 Å². The van der Waals surface area contributed by atoms with Crippen molar-refractivity contribution in [1.29, 1.82) is 0 Å². The molecule has 0 aliphatic rings.